The van der Waals surface area contributed by atoms with E-state index in [1.54, 1.807) is 4.31 Å². The van der Waals surface area contributed by atoms with E-state index in [-0.39, 0.29) is 22.5 Å². The summed E-state index contributed by atoms with van der Waals surface area (Å²) in [6, 6.07) is 15.9. The molecule has 2 N–H and O–H groups in total. The number of sulfonamides is 1. The van der Waals surface area contributed by atoms with E-state index in [9.17, 15) is 18.0 Å². The Bertz CT molecular complexity index is 1020. The molecule has 2 bridgehead atoms. The first-order valence-electron chi connectivity index (χ1n) is 10.0. The number of nitrogens with one attached hydrogen (secondary N) is 1. The molecule has 30 heavy (non-hydrogen) atoms. The minimum atomic E-state index is -3.66. The highest BCUT2D eigenvalue weighted by Crippen LogP contribution is 2.45. The molecule has 2 aliphatic heterocycles. The minimum Gasteiger partial charge on any atom is -0.480 e. The van der Waals surface area contributed by atoms with Crippen LogP contribution in [0.3, 0.4) is 0 Å². The van der Waals surface area contributed by atoms with Crippen molar-refractivity contribution >= 4 is 21.9 Å². The Balaban J connectivity index is 1.50. The number of aliphatic carboxylic acids is 1. The Hall–Kier alpha value is -2.71. The van der Waals surface area contributed by atoms with Crippen molar-refractivity contribution in [3.8, 4) is 0 Å². The van der Waals surface area contributed by atoms with Crippen LogP contribution in [-0.2, 0) is 14.8 Å². The first-order chi connectivity index (χ1) is 14.4. The van der Waals surface area contributed by atoms with Crippen molar-refractivity contribution < 1.29 is 23.1 Å². The normalized spacial score (nSPS) is 23.8. The van der Waals surface area contributed by atoms with Gasteiger partial charge in [0.05, 0.1) is 4.90 Å². The summed E-state index contributed by atoms with van der Waals surface area (Å²) in [5, 5.41) is 10.9. The summed E-state index contributed by atoms with van der Waals surface area (Å²) >= 11 is 0. The molecule has 0 saturated carbocycles. The molecule has 8 heteroatoms. The van der Waals surface area contributed by atoms with E-state index in [2.05, 4.69) is 17.4 Å². The van der Waals surface area contributed by atoms with Crippen LogP contribution < -0.4 is 5.32 Å². The maximum Gasteiger partial charge on any atom is 0.322 e. The fourth-order valence-electron chi connectivity index (χ4n) is 4.68. The third-order valence-electron chi connectivity index (χ3n) is 6.03. The van der Waals surface area contributed by atoms with Crippen LogP contribution in [0.2, 0.25) is 0 Å². The van der Waals surface area contributed by atoms with Gasteiger partial charge in [-0.1, -0.05) is 30.3 Å². The van der Waals surface area contributed by atoms with Crippen LogP contribution in [0.15, 0.2) is 59.5 Å². The molecular formula is C22H24N2O5S. The fraction of sp³-hybridized carbons (Fsp3) is 0.364. The van der Waals surface area contributed by atoms with Crippen LogP contribution in [0.1, 0.15) is 47.5 Å². The lowest BCUT2D eigenvalue weighted by Crippen LogP contribution is -2.45. The number of nitrogens with zero attached hydrogens (tertiary/aromatic N) is 1. The van der Waals surface area contributed by atoms with Crippen molar-refractivity contribution in [3.63, 3.8) is 0 Å². The highest BCUT2D eigenvalue weighted by Gasteiger charge is 2.47. The van der Waals surface area contributed by atoms with Gasteiger partial charge in [0.2, 0.25) is 10.0 Å². The summed E-state index contributed by atoms with van der Waals surface area (Å²) in [6.45, 7) is -0.487. The van der Waals surface area contributed by atoms with E-state index < -0.39 is 28.4 Å². The summed E-state index contributed by atoms with van der Waals surface area (Å²) in [4.78, 5) is 22.7. The number of fused-ring (bicyclic) bond motifs is 2. The van der Waals surface area contributed by atoms with Gasteiger partial charge in [-0.25, -0.2) is 8.42 Å². The third-order valence-corrected chi connectivity index (χ3v) is 8.05. The number of carbonyl (C=O) groups excluding carboxylic acids is 1. The average Bonchev–Trinajstić information content (AvgIpc) is 3.03. The van der Waals surface area contributed by atoms with E-state index >= 15 is 0 Å². The number of piperidine rings is 1. The second kappa shape index (κ2) is 8.20. The second-order valence-electron chi connectivity index (χ2n) is 7.90. The Morgan fingerprint density at radius 1 is 0.967 bits per heavy atom. The van der Waals surface area contributed by atoms with Crippen molar-refractivity contribution in [2.75, 3.05) is 6.54 Å². The van der Waals surface area contributed by atoms with Crippen molar-refractivity contribution in [2.45, 2.75) is 48.6 Å². The van der Waals surface area contributed by atoms with Crippen LogP contribution in [-0.4, -0.2) is 48.3 Å². The number of hydrogen-bond donors (Lipinski definition) is 2. The van der Waals surface area contributed by atoms with Gasteiger partial charge in [-0.15, -0.1) is 0 Å². The van der Waals surface area contributed by atoms with Gasteiger partial charge in [0.1, 0.15) is 6.54 Å². The number of rotatable bonds is 6. The molecule has 2 aromatic rings. The van der Waals surface area contributed by atoms with Crippen molar-refractivity contribution in [1.82, 2.24) is 9.62 Å². The van der Waals surface area contributed by atoms with Crippen LogP contribution in [0, 0.1) is 0 Å². The van der Waals surface area contributed by atoms with Crippen LogP contribution >= 0.6 is 0 Å². The zero-order chi connectivity index (χ0) is 21.3. The molecule has 2 heterocycles. The molecule has 3 atom stereocenters. The maximum absolute atomic E-state index is 13.3. The first kappa shape index (κ1) is 20.6. The molecule has 0 radical (unpaired) electrons. The molecule has 0 aromatic heterocycles. The first-order valence-corrected chi connectivity index (χ1v) is 11.5. The van der Waals surface area contributed by atoms with Crippen molar-refractivity contribution in [1.29, 1.82) is 0 Å². The molecule has 0 spiro atoms. The molecular weight excluding hydrogens is 404 g/mol. The highest BCUT2D eigenvalue weighted by atomic mass is 32.2. The molecule has 2 saturated heterocycles. The summed E-state index contributed by atoms with van der Waals surface area (Å²) in [5.41, 5.74) is 1.49. The van der Waals surface area contributed by atoms with Gasteiger partial charge in [-0.05, 0) is 61.4 Å². The van der Waals surface area contributed by atoms with Gasteiger partial charge in [0.25, 0.3) is 5.91 Å². The lowest BCUT2D eigenvalue weighted by Gasteiger charge is -2.38. The zero-order valence-electron chi connectivity index (χ0n) is 16.4. The molecule has 0 aliphatic carbocycles. The van der Waals surface area contributed by atoms with E-state index in [0.717, 1.165) is 25.7 Å². The average molecular weight is 429 g/mol. The van der Waals surface area contributed by atoms with Gasteiger partial charge < -0.3 is 10.4 Å². The van der Waals surface area contributed by atoms with Gasteiger partial charge >= 0.3 is 5.97 Å². The smallest absolute Gasteiger partial charge is 0.322 e. The Morgan fingerprint density at radius 3 is 2.13 bits per heavy atom. The van der Waals surface area contributed by atoms with E-state index in [1.165, 1.54) is 29.8 Å². The van der Waals surface area contributed by atoms with Crippen molar-refractivity contribution in [2.24, 2.45) is 0 Å². The number of benzene rings is 2. The van der Waals surface area contributed by atoms with E-state index in [0.29, 0.717) is 5.92 Å². The minimum absolute atomic E-state index is 0.0162. The predicted molar refractivity (Wildman–Crippen MR) is 111 cm³/mol. The number of hydrogen-bond acceptors (Lipinski definition) is 4. The number of carbonyl (C=O) groups is 2. The standard InChI is InChI=1S/C22H24N2O5S/c25-21(26)14-23-22(27)16-6-10-20(11-7-16)30(28,29)24-18-8-9-19(24)13-17(12-18)15-4-2-1-3-5-15/h1-7,10-11,17-19H,8-9,12-14H2,(H,23,27)(H,25,26)/t17?,18-,19+. The van der Waals surface area contributed by atoms with Crippen LogP contribution in [0.25, 0.3) is 0 Å². The molecule has 2 fully saturated rings. The van der Waals surface area contributed by atoms with Crippen molar-refractivity contribution in [3.05, 3.63) is 65.7 Å². The SMILES string of the molecule is O=C(O)CNC(=O)c1ccc(S(=O)(=O)N2[C@@H]3CC[C@H]2CC(c2ccccc2)C3)cc1. The van der Waals surface area contributed by atoms with Gasteiger partial charge in [-0.2, -0.15) is 4.31 Å². The molecule has 158 valence electrons. The molecule has 1 amide bonds. The van der Waals surface area contributed by atoms with Gasteiger partial charge in [0, 0.05) is 17.6 Å². The summed E-state index contributed by atoms with van der Waals surface area (Å²) in [6.07, 6.45) is 3.36. The number of carboxylic acids is 1. The molecule has 7 nitrogen and oxygen atoms in total. The van der Waals surface area contributed by atoms with Gasteiger partial charge in [-0.3, -0.25) is 9.59 Å². The summed E-state index contributed by atoms with van der Waals surface area (Å²) < 4.78 is 28.3. The molecule has 4 rings (SSSR count). The fourth-order valence-corrected chi connectivity index (χ4v) is 6.57. The molecule has 1 unspecified atom stereocenters. The molecule has 2 aliphatic rings. The number of amides is 1. The molecule has 2 aromatic carbocycles. The number of carboxylic acid groups (broad SMARTS) is 1. The summed E-state index contributed by atoms with van der Waals surface area (Å²) in [7, 11) is -3.66. The predicted octanol–water partition coefficient (Wildman–Crippen LogP) is 2.60. The largest absolute Gasteiger partial charge is 0.480 e. The third kappa shape index (κ3) is 3.97. The lowest BCUT2D eigenvalue weighted by atomic mass is 9.86. The zero-order valence-corrected chi connectivity index (χ0v) is 17.2. The van der Waals surface area contributed by atoms with Crippen LogP contribution in [0.4, 0.5) is 0 Å². The van der Waals surface area contributed by atoms with E-state index in [1.807, 2.05) is 18.2 Å². The highest BCUT2D eigenvalue weighted by molar-refractivity contribution is 7.89. The maximum atomic E-state index is 13.3. The topological polar surface area (TPSA) is 104 Å². The quantitative estimate of drug-likeness (QED) is 0.736. The monoisotopic (exact) mass is 428 g/mol. The Labute approximate surface area is 175 Å². The van der Waals surface area contributed by atoms with E-state index in [4.69, 9.17) is 5.11 Å². The lowest BCUT2D eigenvalue weighted by molar-refractivity contribution is -0.135. The Morgan fingerprint density at radius 2 is 1.57 bits per heavy atom. The Kier molecular flexibility index (Phi) is 5.62. The second-order valence-corrected chi connectivity index (χ2v) is 9.74. The van der Waals surface area contributed by atoms with Crippen LogP contribution in [0.5, 0.6) is 0 Å². The van der Waals surface area contributed by atoms with Gasteiger partial charge in [0.15, 0.2) is 0 Å². The summed E-state index contributed by atoms with van der Waals surface area (Å²) in [5.74, 6) is -1.32.